The molecule has 4 rings (SSSR count). The van der Waals surface area contributed by atoms with Crippen molar-refractivity contribution in [2.75, 3.05) is 13.2 Å². The maximum absolute atomic E-state index is 14.8. The SMILES string of the molecule is CCCCOc1ccc(C2CCC(C3CC=C(c4ccc(OCC)c(F)c4)CC3)CC2)c(F)c1F. The molecule has 2 aliphatic carbocycles. The molecule has 1 fully saturated rings. The Balaban J connectivity index is 1.32. The van der Waals surface area contributed by atoms with Gasteiger partial charge in [0, 0.05) is 0 Å². The number of ether oxygens (including phenoxy) is 2. The topological polar surface area (TPSA) is 18.5 Å². The molecule has 190 valence electrons. The summed E-state index contributed by atoms with van der Waals surface area (Å²) in [6, 6.07) is 8.55. The monoisotopic (exact) mass is 486 g/mol. The number of unbranched alkanes of at least 4 members (excludes halogenated alkanes) is 1. The molecular formula is C30H37F3O2. The fourth-order valence-corrected chi connectivity index (χ4v) is 5.72. The first-order valence-electron chi connectivity index (χ1n) is 13.2. The Morgan fingerprint density at radius 3 is 2.26 bits per heavy atom. The van der Waals surface area contributed by atoms with E-state index in [9.17, 15) is 13.2 Å². The second kappa shape index (κ2) is 12.0. The van der Waals surface area contributed by atoms with E-state index in [0.29, 0.717) is 36.4 Å². The van der Waals surface area contributed by atoms with Crippen molar-refractivity contribution in [3.63, 3.8) is 0 Å². The molecular weight excluding hydrogens is 449 g/mol. The van der Waals surface area contributed by atoms with E-state index in [1.54, 1.807) is 24.3 Å². The van der Waals surface area contributed by atoms with Gasteiger partial charge in [0.25, 0.3) is 0 Å². The first-order valence-corrected chi connectivity index (χ1v) is 13.2. The second-order valence-corrected chi connectivity index (χ2v) is 9.94. The summed E-state index contributed by atoms with van der Waals surface area (Å²) < 4.78 is 54.3. The molecule has 0 radical (unpaired) electrons. The predicted octanol–water partition coefficient (Wildman–Crippen LogP) is 8.84. The Morgan fingerprint density at radius 2 is 1.60 bits per heavy atom. The van der Waals surface area contributed by atoms with Crippen LogP contribution in [0.4, 0.5) is 13.2 Å². The average Bonchev–Trinajstić information content (AvgIpc) is 2.88. The van der Waals surface area contributed by atoms with Crippen molar-refractivity contribution < 1.29 is 22.6 Å². The molecule has 2 aromatic rings. The first-order chi connectivity index (χ1) is 17.0. The van der Waals surface area contributed by atoms with E-state index in [2.05, 4.69) is 6.08 Å². The van der Waals surface area contributed by atoms with Crippen LogP contribution in [0.2, 0.25) is 0 Å². The molecule has 35 heavy (non-hydrogen) atoms. The summed E-state index contributed by atoms with van der Waals surface area (Å²) in [4.78, 5) is 0. The molecule has 0 N–H and O–H groups in total. The minimum atomic E-state index is -0.851. The molecule has 2 aromatic carbocycles. The Morgan fingerprint density at radius 1 is 0.829 bits per heavy atom. The van der Waals surface area contributed by atoms with Crippen LogP contribution in [-0.4, -0.2) is 13.2 Å². The van der Waals surface area contributed by atoms with Crippen LogP contribution in [0.25, 0.3) is 5.57 Å². The number of rotatable bonds is 9. The van der Waals surface area contributed by atoms with Gasteiger partial charge in [0.2, 0.25) is 5.82 Å². The van der Waals surface area contributed by atoms with Crippen LogP contribution in [0.1, 0.15) is 88.7 Å². The second-order valence-electron chi connectivity index (χ2n) is 9.94. The number of hydrogen-bond donors (Lipinski definition) is 0. The van der Waals surface area contributed by atoms with Gasteiger partial charge in [-0.05, 0) is 111 Å². The van der Waals surface area contributed by atoms with E-state index in [0.717, 1.165) is 63.4 Å². The van der Waals surface area contributed by atoms with Crippen LogP contribution in [0, 0.1) is 29.3 Å². The molecule has 2 nitrogen and oxygen atoms in total. The lowest BCUT2D eigenvalue weighted by Gasteiger charge is -2.36. The molecule has 1 saturated carbocycles. The summed E-state index contributed by atoms with van der Waals surface area (Å²) in [5, 5.41) is 0. The molecule has 1 unspecified atom stereocenters. The maximum Gasteiger partial charge on any atom is 0.200 e. The Bertz CT molecular complexity index is 1020. The molecule has 0 bridgehead atoms. The van der Waals surface area contributed by atoms with Crippen molar-refractivity contribution in [1.82, 2.24) is 0 Å². The fraction of sp³-hybridized carbons (Fsp3) is 0.533. The zero-order valence-corrected chi connectivity index (χ0v) is 20.9. The quantitative estimate of drug-likeness (QED) is 0.330. The Hall–Kier alpha value is -2.43. The van der Waals surface area contributed by atoms with Gasteiger partial charge in [-0.3, -0.25) is 0 Å². The van der Waals surface area contributed by atoms with Crippen molar-refractivity contribution in [2.24, 2.45) is 11.8 Å². The van der Waals surface area contributed by atoms with Crippen LogP contribution in [0.3, 0.4) is 0 Å². The van der Waals surface area contributed by atoms with Crippen LogP contribution in [0.5, 0.6) is 11.5 Å². The normalized spacial score (nSPS) is 22.5. The highest BCUT2D eigenvalue weighted by Gasteiger charge is 2.31. The van der Waals surface area contributed by atoms with Gasteiger partial charge in [-0.25, -0.2) is 8.78 Å². The lowest BCUT2D eigenvalue weighted by Crippen LogP contribution is -2.23. The molecule has 0 spiro atoms. The summed E-state index contributed by atoms with van der Waals surface area (Å²) in [7, 11) is 0. The Kier molecular flexibility index (Phi) is 8.80. The number of benzene rings is 2. The van der Waals surface area contributed by atoms with E-state index >= 15 is 0 Å². The third-order valence-corrected chi connectivity index (χ3v) is 7.76. The van der Waals surface area contributed by atoms with Gasteiger partial charge in [-0.2, -0.15) is 4.39 Å². The highest BCUT2D eigenvalue weighted by molar-refractivity contribution is 5.67. The van der Waals surface area contributed by atoms with Crippen molar-refractivity contribution in [1.29, 1.82) is 0 Å². The largest absolute Gasteiger partial charge is 0.491 e. The standard InChI is InChI=1S/C30H37F3O2/c1-3-5-18-35-28-17-15-25(29(32)30(28)33)23-12-10-21(11-13-23)20-6-8-22(9-7-20)24-14-16-27(34-4-2)26(31)19-24/h8,14-17,19-21,23H,3-7,9-13,18H2,1-2H3. The molecule has 0 amide bonds. The van der Waals surface area contributed by atoms with Crippen LogP contribution in [-0.2, 0) is 0 Å². The van der Waals surface area contributed by atoms with Crippen LogP contribution >= 0.6 is 0 Å². The van der Waals surface area contributed by atoms with Gasteiger partial charge in [-0.15, -0.1) is 0 Å². The summed E-state index contributed by atoms with van der Waals surface area (Å²) in [6.45, 7) is 4.73. The third-order valence-electron chi connectivity index (χ3n) is 7.76. The van der Waals surface area contributed by atoms with Crippen molar-refractivity contribution in [3.05, 3.63) is 65.0 Å². The van der Waals surface area contributed by atoms with E-state index in [1.165, 1.54) is 5.57 Å². The zero-order valence-electron chi connectivity index (χ0n) is 20.9. The molecule has 0 heterocycles. The molecule has 0 aromatic heterocycles. The lowest BCUT2D eigenvalue weighted by atomic mass is 9.70. The van der Waals surface area contributed by atoms with Gasteiger partial charge in [0.15, 0.2) is 23.1 Å². The minimum absolute atomic E-state index is 0.0191. The predicted molar refractivity (Wildman–Crippen MR) is 134 cm³/mol. The summed E-state index contributed by atoms with van der Waals surface area (Å²) in [6.07, 6.45) is 10.9. The molecule has 2 aliphatic rings. The maximum atomic E-state index is 14.8. The number of allylic oxidation sites excluding steroid dienone is 2. The highest BCUT2D eigenvalue weighted by Crippen LogP contribution is 2.45. The van der Waals surface area contributed by atoms with Crippen LogP contribution in [0.15, 0.2) is 36.4 Å². The minimum Gasteiger partial charge on any atom is -0.491 e. The molecule has 0 saturated heterocycles. The zero-order chi connectivity index (χ0) is 24.8. The number of hydrogen-bond acceptors (Lipinski definition) is 2. The van der Waals surface area contributed by atoms with E-state index in [4.69, 9.17) is 9.47 Å². The fourth-order valence-electron chi connectivity index (χ4n) is 5.72. The lowest BCUT2D eigenvalue weighted by molar-refractivity contribution is 0.218. The van der Waals surface area contributed by atoms with Crippen molar-refractivity contribution in [3.8, 4) is 11.5 Å². The van der Waals surface area contributed by atoms with E-state index < -0.39 is 11.6 Å². The average molecular weight is 487 g/mol. The van der Waals surface area contributed by atoms with Gasteiger partial charge >= 0.3 is 0 Å². The van der Waals surface area contributed by atoms with Crippen molar-refractivity contribution >= 4 is 5.57 Å². The van der Waals surface area contributed by atoms with Gasteiger partial charge < -0.3 is 9.47 Å². The molecule has 1 atom stereocenters. The number of halogens is 3. The molecule has 5 heteroatoms. The van der Waals surface area contributed by atoms with E-state index in [1.807, 2.05) is 19.9 Å². The summed E-state index contributed by atoms with van der Waals surface area (Å²) in [5.41, 5.74) is 2.63. The van der Waals surface area contributed by atoms with Gasteiger partial charge in [0.1, 0.15) is 0 Å². The molecule has 0 aliphatic heterocycles. The van der Waals surface area contributed by atoms with Crippen molar-refractivity contribution in [2.45, 2.75) is 77.6 Å². The van der Waals surface area contributed by atoms with Gasteiger partial charge in [0.05, 0.1) is 13.2 Å². The highest BCUT2D eigenvalue weighted by atomic mass is 19.2. The van der Waals surface area contributed by atoms with E-state index in [-0.39, 0.29) is 17.5 Å². The van der Waals surface area contributed by atoms with Gasteiger partial charge in [-0.1, -0.05) is 31.6 Å². The summed E-state index contributed by atoms with van der Waals surface area (Å²) in [5.74, 6) is -0.315. The van der Waals surface area contributed by atoms with Crippen LogP contribution < -0.4 is 9.47 Å². The first kappa shape index (κ1) is 25.7. The Labute approximate surface area is 207 Å². The smallest absolute Gasteiger partial charge is 0.200 e. The summed E-state index contributed by atoms with van der Waals surface area (Å²) >= 11 is 0. The third kappa shape index (κ3) is 6.05.